The maximum Gasteiger partial charge on any atom is 0.133 e. The molecule has 1 N–H and O–H groups in total. The van der Waals surface area contributed by atoms with E-state index in [1.54, 1.807) is 6.07 Å². The SMILES string of the molecule is Cc1cc(CN2CCc3nc(C(C)(C)C)ncc3C2)c(C)n1-c1cccc(O)c1. The maximum atomic E-state index is 9.85. The van der Waals surface area contributed by atoms with Crippen LogP contribution in [0, 0.1) is 13.8 Å². The summed E-state index contributed by atoms with van der Waals surface area (Å²) in [5.41, 5.74) is 7.14. The second-order valence-electron chi connectivity index (χ2n) is 9.13. The van der Waals surface area contributed by atoms with Gasteiger partial charge in [-0.2, -0.15) is 0 Å². The van der Waals surface area contributed by atoms with E-state index in [1.165, 1.54) is 28.2 Å². The van der Waals surface area contributed by atoms with Gasteiger partial charge in [0.1, 0.15) is 11.6 Å². The Labute approximate surface area is 173 Å². The van der Waals surface area contributed by atoms with Crippen molar-refractivity contribution in [3.63, 3.8) is 0 Å². The molecule has 0 atom stereocenters. The molecule has 0 radical (unpaired) electrons. The minimum atomic E-state index is -0.0183. The number of rotatable bonds is 3. The Morgan fingerprint density at radius 1 is 1.14 bits per heavy atom. The van der Waals surface area contributed by atoms with E-state index < -0.39 is 0 Å². The van der Waals surface area contributed by atoms with Gasteiger partial charge in [0.2, 0.25) is 0 Å². The molecule has 1 aromatic carbocycles. The average molecular weight is 391 g/mol. The molecule has 2 aromatic heterocycles. The topological polar surface area (TPSA) is 54.2 Å². The first-order valence-corrected chi connectivity index (χ1v) is 10.3. The van der Waals surface area contributed by atoms with E-state index in [4.69, 9.17) is 4.98 Å². The largest absolute Gasteiger partial charge is 0.508 e. The molecule has 0 aliphatic carbocycles. The molecule has 0 spiro atoms. The van der Waals surface area contributed by atoms with Crippen LogP contribution in [0.15, 0.2) is 36.5 Å². The molecule has 5 nitrogen and oxygen atoms in total. The number of aromatic nitrogens is 3. The van der Waals surface area contributed by atoms with E-state index in [0.29, 0.717) is 5.75 Å². The van der Waals surface area contributed by atoms with Crippen molar-refractivity contribution in [2.75, 3.05) is 6.54 Å². The van der Waals surface area contributed by atoms with Crippen LogP contribution < -0.4 is 0 Å². The van der Waals surface area contributed by atoms with Crippen LogP contribution in [0.25, 0.3) is 5.69 Å². The van der Waals surface area contributed by atoms with Crippen molar-refractivity contribution in [3.8, 4) is 11.4 Å². The van der Waals surface area contributed by atoms with Crippen molar-refractivity contribution in [2.45, 2.75) is 59.5 Å². The van der Waals surface area contributed by atoms with Gasteiger partial charge in [-0.15, -0.1) is 0 Å². The second kappa shape index (κ2) is 7.30. The molecule has 4 rings (SSSR count). The molecule has 0 saturated carbocycles. The Morgan fingerprint density at radius 3 is 2.66 bits per heavy atom. The molecule has 152 valence electrons. The monoisotopic (exact) mass is 390 g/mol. The second-order valence-corrected chi connectivity index (χ2v) is 9.13. The number of benzene rings is 1. The zero-order valence-corrected chi connectivity index (χ0v) is 18.0. The first-order valence-electron chi connectivity index (χ1n) is 10.3. The molecule has 1 aliphatic heterocycles. The van der Waals surface area contributed by atoms with Gasteiger partial charge in [0, 0.05) is 72.1 Å². The number of fused-ring (bicyclic) bond motifs is 1. The lowest BCUT2D eigenvalue weighted by molar-refractivity contribution is 0.241. The van der Waals surface area contributed by atoms with Crippen molar-refractivity contribution in [1.82, 2.24) is 19.4 Å². The van der Waals surface area contributed by atoms with Gasteiger partial charge >= 0.3 is 0 Å². The fourth-order valence-electron chi connectivity index (χ4n) is 4.13. The van der Waals surface area contributed by atoms with E-state index in [1.807, 2.05) is 24.4 Å². The van der Waals surface area contributed by atoms with Crippen LogP contribution in [0.3, 0.4) is 0 Å². The summed E-state index contributed by atoms with van der Waals surface area (Å²) in [7, 11) is 0. The van der Waals surface area contributed by atoms with Crippen LogP contribution in [0.1, 0.15) is 54.8 Å². The molecule has 1 aliphatic rings. The molecule has 29 heavy (non-hydrogen) atoms. The molecule has 0 unspecified atom stereocenters. The Kier molecular flexibility index (Phi) is 4.95. The highest BCUT2D eigenvalue weighted by atomic mass is 16.3. The number of aromatic hydroxyl groups is 1. The molecule has 3 heterocycles. The summed E-state index contributed by atoms with van der Waals surface area (Å²) >= 11 is 0. The number of hydrogen-bond acceptors (Lipinski definition) is 4. The van der Waals surface area contributed by atoms with Crippen LogP contribution in [0.5, 0.6) is 5.75 Å². The smallest absolute Gasteiger partial charge is 0.133 e. The van der Waals surface area contributed by atoms with Crippen LogP contribution in [-0.2, 0) is 24.9 Å². The third-order valence-electron chi connectivity index (χ3n) is 5.70. The van der Waals surface area contributed by atoms with E-state index in [2.05, 4.69) is 55.1 Å². The Morgan fingerprint density at radius 2 is 1.93 bits per heavy atom. The van der Waals surface area contributed by atoms with Gasteiger partial charge in [0.15, 0.2) is 0 Å². The summed E-state index contributed by atoms with van der Waals surface area (Å²) in [6, 6.07) is 9.69. The van der Waals surface area contributed by atoms with Crippen LogP contribution in [0.2, 0.25) is 0 Å². The third-order valence-corrected chi connectivity index (χ3v) is 5.70. The molecule has 3 aromatic rings. The fraction of sp³-hybridized carbons (Fsp3) is 0.417. The van der Waals surface area contributed by atoms with Crippen molar-refractivity contribution in [1.29, 1.82) is 0 Å². The lowest BCUT2D eigenvalue weighted by Crippen LogP contribution is -2.32. The number of nitrogens with zero attached hydrogens (tertiary/aromatic N) is 4. The van der Waals surface area contributed by atoms with Gasteiger partial charge < -0.3 is 9.67 Å². The average Bonchev–Trinajstić information content (AvgIpc) is 2.93. The molecular formula is C24H30N4O. The summed E-state index contributed by atoms with van der Waals surface area (Å²) < 4.78 is 2.21. The van der Waals surface area contributed by atoms with E-state index in [9.17, 15) is 5.11 Å². The predicted octanol–water partition coefficient (Wildman–Crippen LogP) is 4.45. The number of hydrogen-bond donors (Lipinski definition) is 1. The fourth-order valence-corrected chi connectivity index (χ4v) is 4.13. The van der Waals surface area contributed by atoms with Crippen molar-refractivity contribution >= 4 is 0 Å². The zero-order valence-electron chi connectivity index (χ0n) is 18.0. The Balaban J connectivity index is 1.55. The number of phenols is 1. The normalized spacial score (nSPS) is 14.8. The molecule has 0 bridgehead atoms. The van der Waals surface area contributed by atoms with Gasteiger partial charge in [-0.25, -0.2) is 9.97 Å². The summed E-state index contributed by atoms with van der Waals surface area (Å²) in [5.74, 6) is 1.22. The number of aryl methyl sites for hydroxylation is 1. The van der Waals surface area contributed by atoms with Crippen molar-refractivity contribution in [2.24, 2.45) is 0 Å². The van der Waals surface area contributed by atoms with Crippen LogP contribution in [0.4, 0.5) is 0 Å². The quantitative estimate of drug-likeness (QED) is 0.718. The highest BCUT2D eigenvalue weighted by molar-refractivity contribution is 5.44. The van der Waals surface area contributed by atoms with E-state index in [-0.39, 0.29) is 5.41 Å². The Bertz CT molecular complexity index is 1050. The van der Waals surface area contributed by atoms with Crippen molar-refractivity contribution < 1.29 is 5.11 Å². The third kappa shape index (κ3) is 3.92. The van der Waals surface area contributed by atoms with Gasteiger partial charge in [-0.05, 0) is 37.6 Å². The summed E-state index contributed by atoms with van der Waals surface area (Å²) in [5, 5.41) is 9.85. The Hall–Kier alpha value is -2.66. The minimum absolute atomic E-state index is 0.0183. The highest BCUT2D eigenvalue weighted by Gasteiger charge is 2.23. The van der Waals surface area contributed by atoms with Crippen LogP contribution in [-0.4, -0.2) is 31.1 Å². The summed E-state index contributed by atoms with van der Waals surface area (Å²) in [6.45, 7) is 13.5. The van der Waals surface area contributed by atoms with Gasteiger partial charge in [-0.1, -0.05) is 26.8 Å². The van der Waals surface area contributed by atoms with E-state index in [0.717, 1.165) is 37.6 Å². The van der Waals surface area contributed by atoms with Crippen molar-refractivity contribution in [3.05, 3.63) is 70.6 Å². The van der Waals surface area contributed by atoms with Gasteiger partial charge in [0.05, 0.1) is 0 Å². The minimum Gasteiger partial charge on any atom is -0.508 e. The van der Waals surface area contributed by atoms with Gasteiger partial charge in [0.25, 0.3) is 0 Å². The standard InChI is InChI=1S/C24H30N4O/c1-16-11-18(17(2)28(16)20-7-6-8-21(29)12-20)14-27-10-9-22-19(15-27)13-25-23(26-22)24(3,4)5/h6-8,11-13,29H,9-10,14-15H2,1-5H3. The first-order chi connectivity index (χ1) is 13.7. The lowest BCUT2D eigenvalue weighted by Gasteiger charge is -2.29. The highest BCUT2D eigenvalue weighted by Crippen LogP contribution is 2.27. The summed E-state index contributed by atoms with van der Waals surface area (Å²) in [4.78, 5) is 11.9. The molecule has 5 heteroatoms. The van der Waals surface area contributed by atoms with Gasteiger partial charge in [-0.3, -0.25) is 4.90 Å². The lowest BCUT2D eigenvalue weighted by atomic mass is 9.95. The van der Waals surface area contributed by atoms with E-state index >= 15 is 0 Å². The molecular weight excluding hydrogens is 360 g/mol. The number of phenolic OH excluding ortho intramolecular Hbond substituents is 1. The predicted molar refractivity (Wildman–Crippen MR) is 115 cm³/mol. The van der Waals surface area contributed by atoms with Crippen LogP contribution >= 0.6 is 0 Å². The molecule has 0 amide bonds. The zero-order chi connectivity index (χ0) is 20.8. The maximum absolute atomic E-state index is 9.85. The first kappa shape index (κ1) is 19.6. The molecule has 0 saturated heterocycles. The summed E-state index contributed by atoms with van der Waals surface area (Å²) in [6.07, 6.45) is 2.98. The molecule has 0 fully saturated rings.